The summed E-state index contributed by atoms with van der Waals surface area (Å²) in [6.45, 7) is 0.849. The van der Waals surface area contributed by atoms with Crippen LogP contribution >= 0.6 is 0 Å². The van der Waals surface area contributed by atoms with Crippen LogP contribution in [0.1, 0.15) is 6.42 Å². The first-order valence-electron chi connectivity index (χ1n) is 5.45. The van der Waals surface area contributed by atoms with Crippen LogP contribution in [0, 0.1) is 10.8 Å². The standard InChI is InChI=1S/C9H18N6O2/c1-15-3-2-8(16,17)9(15)6(4-12-5-10)13-7(11)14-9/h5-6,16-17H,2-4H2,1H3,(H2,10,12)(H3,11,13,14). The Bertz CT molecular complexity index is 346. The largest absolute Gasteiger partial charge is 0.374 e. The number of aliphatic hydroxyl groups is 2. The molecule has 2 heterocycles. The lowest BCUT2D eigenvalue weighted by atomic mass is 9.92. The predicted molar refractivity (Wildman–Crippen MR) is 61.7 cm³/mol. The monoisotopic (exact) mass is 242 g/mol. The summed E-state index contributed by atoms with van der Waals surface area (Å²) in [6, 6.07) is -0.404. The molecule has 0 aromatic heterocycles. The van der Waals surface area contributed by atoms with E-state index in [0.717, 1.165) is 6.34 Å². The number of hydrogen-bond acceptors (Lipinski definition) is 5. The summed E-state index contributed by atoms with van der Waals surface area (Å²) in [5.74, 6) is -1.85. The zero-order valence-electron chi connectivity index (χ0n) is 9.62. The fraction of sp³-hybridized carbons (Fsp3) is 0.778. The highest BCUT2D eigenvalue weighted by Gasteiger charge is 2.64. The number of rotatable bonds is 3. The maximum Gasteiger partial charge on any atom is 0.204 e. The Morgan fingerprint density at radius 3 is 2.88 bits per heavy atom. The van der Waals surface area contributed by atoms with Crippen LogP contribution < -0.4 is 16.0 Å². The van der Waals surface area contributed by atoms with Crippen molar-refractivity contribution >= 4 is 12.3 Å². The van der Waals surface area contributed by atoms with Crippen molar-refractivity contribution in [3.8, 4) is 0 Å². The molecule has 2 unspecified atom stereocenters. The van der Waals surface area contributed by atoms with Crippen molar-refractivity contribution in [2.24, 2.45) is 0 Å². The molecule has 0 saturated carbocycles. The lowest BCUT2D eigenvalue weighted by Crippen LogP contribution is -2.71. The van der Waals surface area contributed by atoms with Crippen LogP contribution in [-0.2, 0) is 0 Å². The van der Waals surface area contributed by atoms with E-state index < -0.39 is 17.5 Å². The predicted octanol–water partition coefficient (Wildman–Crippen LogP) is -2.61. The first-order chi connectivity index (χ1) is 7.94. The first-order valence-corrected chi connectivity index (χ1v) is 5.45. The molecule has 96 valence electrons. The number of hydrogen-bond donors (Lipinski definition) is 7. The van der Waals surface area contributed by atoms with Gasteiger partial charge in [0, 0.05) is 19.5 Å². The van der Waals surface area contributed by atoms with Gasteiger partial charge in [-0.05, 0) is 7.05 Å². The molecule has 0 radical (unpaired) electrons. The molecule has 1 spiro atoms. The van der Waals surface area contributed by atoms with Gasteiger partial charge in [-0.2, -0.15) is 0 Å². The van der Waals surface area contributed by atoms with E-state index >= 15 is 0 Å². The zero-order chi connectivity index (χ0) is 12.7. The van der Waals surface area contributed by atoms with Gasteiger partial charge in [0.15, 0.2) is 11.6 Å². The summed E-state index contributed by atoms with van der Waals surface area (Å²) in [5.41, 5.74) is -1.12. The molecule has 7 N–H and O–H groups in total. The summed E-state index contributed by atoms with van der Waals surface area (Å²) < 4.78 is 0. The minimum Gasteiger partial charge on any atom is -0.374 e. The Morgan fingerprint density at radius 1 is 1.65 bits per heavy atom. The normalized spacial score (nSPS) is 35.7. The molecule has 2 atom stereocenters. The molecular formula is C9H18N6O2. The highest BCUT2D eigenvalue weighted by molar-refractivity contribution is 5.81. The quantitative estimate of drug-likeness (QED) is 0.165. The molecule has 2 saturated heterocycles. The molecule has 8 nitrogen and oxygen atoms in total. The van der Waals surface area contributed by atoms with E-state index in [1.54, 1.807) is 11.9 Å². The Balaban J connectivity index is 2.31. The molecule has 2 rings (SSSR count). The average molecular weight is 242 g/mol. The van der Waals surface area contributed by atoms with Crippen LogP contribution in [-0.4, -0.2) is 65.0 Å². The molecule has 8 heteroatoms. The van der Waals surface area contributed by atoms with E-state index in [1.807, 2.05) is 0 Å². The average Bonchev–Trinajstić information content (AvgIpc) is 2.71. The van der Waals surface area contributed by atoms with E-state index in [2.05, 4.69) is 16.0 Å². The molecule has 0 aromatic rings. The maximum atomic E-state index is 10.1. The molecule has 0 aromatic carbocycles. The number of nitrogens with zero attached hydrogens (tertiary/aromatic N) is 1. The highest BCUT2D eigenvalue weighted by atomic mass is 16.5. The van der Waals surface area contributed by atoms with Gasteiger partial charge in [0.05, 0.1) is 12.4 Å². The van der Waals surface area contributed by atoms with Crippen molar-refractivity contribution < 1.29 is 10.2 Å². The number of likely N-dealkylation sites (tertiary alicyclic amines) is 1. The van der Waals surface area contributed by atoms with Gasteiger partial charge in [-0.3, -0.25) is 15.7 Å². The van der Waals surface area contributed by atoms with E-state index in [4.69, 9.17) is 10.8 Å². The third kappa shape index (κ3) is 1.56. The fourth-order valence-electron chi connectivity index (χ4n) is 2.70. The van der Waals surface area contributed by atoms with Crippen molar-refractivity contribution in [1.82, 2.24) is 20.9 Å². The Morgan fingerprint density at radius 2 is 2.35 bits per heavy atom. The van der Waals surface area contributed by atoms with Gasteiger partial charge in [0.2, 0.25) is 5.79 Å². The maximum absolute atomic E-state index is 10.1. The summed E-state index contributed by atoms with van der Waals surface area (Å²) in [4.78, 5) is 1.79. The lowest BCUT2D eigenvalue weighted by Gasteiger charge is -2.42. The van der Waals surface area contributed by atoms with Gasteiger partial charge in [-0.1, -0.05) is 0 Å². The third-order valence-electron chi connectivity index (χ3n) is 3.57. The van der Waals surface area contributed by atoms with Gasteiger partial charge in [-0.25, -0.2) is 0 Å². The Labute approximate surface area is 99.0 Å². The van der Waals surface area contributed by atoms with Crippen molar-refractivity contribution in [2.75, 3.05) is 20.1 Å². The van der Waals surface area contributed by atoms with E-state index in [-0.39, 0.29) is 12.4 Å². The van der Waals surface area contributed by atoms with Crippen LogP contribution in [0.4, 0.5) is 0 Å². The lowest BCUT2D eigenvalue weighted by molar-refractivity contribution is -0.222. The second-order valence-corrected chi connectivity index (χ2v) is 4.50. The smallest absolute Gasteiger partial charge is 0.204 e. The minimum absolute atomic E-state index is 0.0583. The van der Waals surface area contributed by atoms with Crippen molar-refractivity contribution in [3.63, 3.8) is 0 Å². The third-order valence-corrected chi connectivity index (χ3v) is 3.57. The molecular weight excluding hydrogens is 224 g/mol. The minimum atomic E-state index is -1.91. The van der Waals surface area contributed by atoms with E-state index in [9.17, 15) is 10.2 Å². The van der Waals surface area contributed by atoms with Gasteiger partial charge in [0.1, 0.15) is 0 Å². The zero-order valence-corrected chi connectivity index (χ0v) is 9.62. The van der Waals surface area contributed by atoms with Gasteiger partial charge in [0.25, 0.3) is 0 Å². The van der Waals surface area contributed by atoms with Crippen LogP contribution in [0.2, 0.25) is 0 Å². The molecule has 2 fully saturated rings. The molecule has 2 aliphatic heterocycles. The first kappa shape index (κ1) is 12.1. The molecule has 0 aliphatic carbocycles. The Hall–Kier alpha value is -1.38. The van der Waals surface area contributed by atoms with Gasteiger partial charge >= 0.3 is 0 Å². The van der Waals surface area contributed by atoms with Gasteiger partial charge in [-0.15, -0.1) is 0 Å². The summed E-state index contributed by atoms with van der Waals surface area (Å²) in [6.07, 6.45) is 1.26. The topological polar surface area (TPSA) is 127 Å². The van der Waals surface area contributed by atoms with Crippen LogP contribution in [0.5, 0.6) is 0 Å². The number of likely N-dealkylation sites (N-methyl/N-ethyl adjacent to an activating group) is 1. The molecule has 0 bridgehead atoms. The summed E-state index contributed by atoms with van der Waals surface area (Å²) >= 11 is 0. The second-order valence-electron chi connectivity index (χ2n) is 4.50. The van der Waals surface area contributed by atoms with Crippen molar-refractivity contribution in [1.29, 1.82) is 10.8 Å². The van der Waals surface area contributed by atoms with Crippen LogP contribution in [0.3, 0.4) is 0 Å². The summed E-state index contributed by atoms with van der Waals surface area (Å²) in [5, 5.41) is 43.2. The molecule has 0 amide bonds. The van der Waals surface area contributed by atoms with Crippen LogP contribution in [0.15, 0.2) is 0 Å². The van der Waals surface area contributed by atoms with E-state index in [0.29, 0.717) is 13.1 Å². The SMILES string of the molecule is CN1CCC(O)(O)C12NC(=N)NC2CNC=N. The highest BCUT2D eigenvalue weighted by Crippen LogP contribution is 2.38. The fourth-order valence-corrected chi connectivity index (χ4v) is 2.70. The van der Waals surface area contributed by atoms with Crippen molar-refractivity contribution in [3.05, 3.63) is 0 Å². The Kier molecular flexibility index (Phi) is 2.72. The van der Waals surface area contributed by atoms with E-state index in [1.165, 1.54) is 0 Å². The van der Waals surface area contributed by atoms with Crippen LogP contribution in [0.25, 0.3) is 0 Å². The number of nitrogens with one attached hydrogen (secondary N) is 5. The second kappa shape index (κ2) is 3.83. The van der Waals surface area contributed by atoms with Crippen molar-refractivity contribution in [2.45, 2.75) is 23.9 Å². The molecule has 2 aliphatic rings. The van der Waals surface area contributed by atoms with Gasteiger partial charge < -0.3 is 26.2 Å². The number of guanidine groups is 1. The summed E-state index contributed by atoms with van der Waals surface area (Å²) in [7, 11) is 1.78. The molecule has 17 heavy (non-hydrogen) atoms.